The Morgan fingerprint density at radius 2 is 1.75 bits per heavy atom. The van der Waals surface area contributed by atoms with Crippen molar-refractivity contribution in [1.29, 1.82) is 0 Å². The van der Waals surface area contributed by atoms with Crippen molar-refractivity contribution in [2.45, 2.75) is 13.3 Å². The number of carbonyl (C=O) groups excluding carboxylic acids is 1. The molecule has 1 saturated heterocycles. The number of amides is 1. The van der Waals surface area contributed by atoms with Gasteiger partial charge in [-0.3, -0.25) is 9.69 Å². The first kappa shape index (κ1) is 20.2. The van der Waals surface area contributed by atoms with E-state index in [0.29, 0.717) is 10.6 Å². The minimum Gasteiger partial charge on any atom is -0.478 e. The number of hydrogen-bond acceptors (Lipinski definition) is 4. The normalized spacial score (nSPS) is 14.7. The van der Waals surface area contributed by atoms with Crippen molar-refractivity contribution in [3.05, 3.63) is 58.6 Å². The maximum absolute atomic E-state index is 12.4. The fourth-order valence-electron chi connectivity index (χ4n) is 3.36. The highest BCUT2D eigenvalue weighted by atomic mass is 35.5. The zero-order valence-electron chi connectivity index (χ0n) is 15.8. The third-order valence-electron chi connectivity index (χ3n) is 4.87. The Labute approximate surface area is 169 Å². The predicted molar refractivity (Wildman–Crippen MR) is 112 cm³/mol. The van der Waals surface area contributed by atoms with Crippen LogP contribution in [-0.4, -0.2) is 54.6 Å². The van der Waals surface area contributed by atoms with Crippen LogP contribution in [0.5, 0.6) is 0 Å². The molecule has 2 aromatic carbocycles. The number of carboxylic acids is 1. The van der Waals surface area contributed by atoms with Crippen LogP contribution >= 0.6 is 11.6 Å². The maximum Gasteiger partial charge on any atom is 0.337 e. The Morgan fingerprint density at radius 1 is 1.07 bits per heavy atom. The molecule has 7 heteroatoms. The molecule has 0 atom stereocenters. The van der Waals surface area contributed by atoms with E-state index in [0.717, 1.165) is 44.8 Å². The van der Waals surface area contributed by atoms with E-state index in [4.69, 9.17) is 11.6 Å². The van der Waals surface area contributed by atoms with E-state index in [2.05, 4.69) is 22.0 Å². The molecule has 0 saturated carbocycles. The maximum atomic E-state index is 12.4. The molecule has 0 aromatic heterocycles. The van der Waals surface area contributed by atoms with Crippen LogP contribution in [0.15, 0.2) is 42.5 Å². The van der Waals surface area contributed by atoms with Gasteiger partial charge >= 0.3 is 5.97 Å². The van der Waals surface area contributed by atoms with Gasteiger partial charge in [0.05, 0.1) is 11.3 Å². The Bertz CT molecular complexity index is 846. The number of anilines is 2. The molecule has 0 radical (unpaired) electrons. The van der Waals surface area contributed by atoms with Gasteiger partial charge in [-0.1, -0.05) is 18.5 Å². The summed E-state index contributed by atoms with van der Waals surface area (Å²) in [5, 5.41) is 12.9. The summed E-state index contributed by atoms with van der Waals surface area (Å²) in [6, 6.07) is 11.6. The van der Waals surface area contributed by atoms with Crippen molar-refractivity contribution >= 4 is 34.9 Å². The molecular formula is C21H24ClN3O3. The second kappa shape index (κ2) is 9.08. The van der Waals surface area contributed by atoms with E-state index in [1.165, 1.54) is 0 Å². The largest absolute Gasteiger partial charge is 0.478 e. The highest BCUT2D eigenvalue weighted by Gasteiger charge is 2.20. The molecule has 1 heterocycles. The van der Waals surface area contributed by atoms with Crippen molar-refractivity contribution < 1.29 is 14.7 Å². The highest BCUT2D eigenvalue weighted by Crippen LogP contribution is 2.25. The number of halogens is 1. The summed E-state index contributed by atoms with van der Waals surface area (Å²) in [5.74, 6) is -1.45. The molecule has 0 bridgehead atoms. The fraction of sp³-hybridized carbons (Fsp3) is 0.333. The zero-order chi connectivity index (χ0) is 20.1. The van der Waals surface area contributed by atoms with Gasteiger partial charge in [-0.05, 0) is 55.4 Å². The molecule has 1 aliphatic rings. The van der Waals surface area contributed by atoms with Gasteiger partial charge in [-0.15, -0.1) is 0 Å². The number of aromatic carboxylic acids is 1. The topological polar surface area (TPSA) is 72.9 Å². The molecular weight excluding hydrogens is 378 g/mol. The van der Waals surface area contributed by atoms with Crippen LogP contribution < -0.4 is 10.2 Å². The molecule has 0 unspecified atom stereocenters. The monoisotopic (exact) mass is 401 g/mol. The van der Waals surface area contributed by atoms with Gasteiger partial charge in [0.25, 0.3) is 5.91 Å². The third-order valence-corrected chi connectivity index (χ3v) is 5.12. The van der Waals surface area contributed by atoms with Crippen LogP contribution in [0.3, 0.4) is 0 Å². The van der Waals surface area contributed by atoms with E-state index in [1.807, 2.05) is 6.07 Å². The van der Waals surface area contributed by atoms with E-state index in [-0.39, 0.29) is 17.2 Å². The Morgan fingerprint density at radius 3 is 2.36 bits per heavy atom. The predicted octanol–water partition coefficient (Wildman–Crippen LogP) is 3.82. The lowest BCUT2D eigenvalue weighted by atomic mass is 10.1. The zero-order valence-corrected chi connectivity index (χ0v) is 16.6. The van der Waals surface area contributed by atoms with Crippen LogP contribution in [-0.2, 0) is 0 Å². The second-order valence-electron chi connectivity index (χ2n) is 6.82. The summed E-state index contributed by atoms with van der Waals surface area (Å²) in [7, 11) is 0. The fourth-order valence-corrected chi connectivity index (χ4v) is 3.48. The van der Waals surface area contributed by atoms with E-state index >= 15 is 0 Å². The number of hydrogen-bond donors (Lipinski definition) is 2. The summed E-state index contributed by atoms with van der Waals surface area (Å²) >= 11 is 5.84. The van der Waals surface area contributed by atoms with Gasteiger partial charge in [-0.2, -0.15) is 0 Å². The van der Waals surface area contributed by atoms with Crippen LogP contribution in [0.4, 0.5) is 11.4 Å². The molecule has 1 aliphatic heterocycles. The van der Waals surface area contributed by atoms with Crippen LogP contribution in [0.1, 0.15) is 34.1 Å². The van der Waals surface area contributed by atoms with Gasteiger partial charge in [-0.25, -0.2) is 4.79 Å². The molecule has 2 N–H and O–H groups in total. The minimum absolute atomic E-state index is 0.0794. The van der Waals surface area contributed by atoms with Crippen LogP contribution in [0.2, 0.25) is 5.02 Å². The first-order valence-electron chi connectivity index (χ1n) is 9.39. The van der Waals surface area contributed by atoms with Gasteiger partial charge in [0.1, 0.15) is 0 Å². The Hall–Kier alpha value is -2.57. The molecule has 28 heavy (non-hydrogen) atoms. The lowest BCUT2D eigenvalue weighted by molar-refractivity contribution is 0.0698. The number of piperazine rings is 1. The first-order chi connectivity index (χ1) is 13.5. The summed E-state index contributed by atoms with van der Waals surface area (Å²) in [6.45, 7) is 6.90. The highest BCUT2D eigenvalue weighted by molar-refractivity contribution is 6.30. The van der Waals surface area contributed by atoms with Crippen molar-refractivity contribution in [3.8, 4) is 0 Å². The average molecular weight is 402 g/mol. The molecule has 1 amide bonds. The first-order valence-corrected chi connectivity index (χ1v) is 9.77. The van der Waals surface area contributed by atoms with Crippen LogP contribution in [0.25, 0.3) is 0 Å². The van der Waals surface area contributed by atoms with Crippen LogP contribution in [0, 0.1) is 0 Å². The molecule has 0 spiro atoms. The number of carbonyl (C=O) groups is 2. The molecule has 2 aromatic rings. The lowest BCUT2D eigenvalue weighted by Crippen LogP contribution is -2.46. The molecule has 6 nitrogen and oxygen atoms in total. The quantitative estimate of drug-likeness (QED) is 0.769. The standard InChI is InChI=1S/C21H24ClN3O3/c1-2-9-24-10-12-25(13-11-24)17-7-8-19(18(14-17)21(27)28)23-20(26)15-3-5-16(22)6-4-15/h3-8,14H,2,9-13H2,1H3,(H,23,26)(H,27,28). The second-order valence-corrected chi connectivity index (χ2v) is 7.26. The SMILES string of the molecule is CCCN1CCN(c2ccc(NC(=O)c3ccc(Cl)cc3)c(C(=O)O)c2)CC1. The van der Waals surface area contributed by atoms with Gasteiger partial charge in [0, 0.05) is 42.5 Å². The summed E-state index contributed by atoms with van der Waals surface area (Å²) in [4.78, 5) is 28.8. The van der Waals surface area contributed by atoms with Crippen molar-refractivity contribution in [2.24, 2.45) is 0 Å². The lowest BCUT2D eigenvalue weighted by Gasteiger charge is -2.36. The van der Waals surface area contributed by atoms with Crippen molar-refractivity contribution in [3.63, 3.8) is 0 Å². The summed E-state index contributed by atoms with van der Waals surface area (Å²) in [5.41, 5.74) is 1.63. The Balaban J connectivity index is 1.75. The van der Waals surface area contributed by atoms with E-state index in [9.17, 15) is 14.7 Å². The van der Waals surface area contributed by atoms with Crippen molar-refractivity contribution in [1.82, 2.24) is 4.90 Å². The average Bonchev–Trinajstić information content (AvgIpc) is 2.69. The minimum atomic E-state index is -1.07. The number of carboxylic acid groups (broad SMARTS) is 1. The number of nitrogens with one attached hydrogen (secondary N) is 1. The molecule has 3 rings (SSSR count). The van der Waals surface area contributed by atoms with Gasteiger partial charge in [0.15, 0.2) is 0 Å². The molecule has 0 aliphatic carbocycles. The van der Waals surface area contributed by atoms with Gasteiger partial charge < -0.3 is 15.3 Å². The summed E-state index contributed by atoms with van der Waals surface area (Å²) in [6.07, 6.45) is 1.13. The molecule has 1 fully saturated rings. The van der Waals surface area contributed by atoms with Gasteiger partial charge in [0.2, 0.25) is 0 Å². The Kier molecular flexibility index (Phi) is 6.54. The summed E-state index contributed by atoms with van der Waals surface area (Å²) < 4.78 is 0. The third kappa shape index (κ3) is 4.82. The number of benzene rings is 2. The number of nitrogens with zero attached hydrogens (tertiary/aromatic N) is 2. The smallest absolute Gasteiger partial charge is 0.337 e. The number of rotatable bonds is 6. The van der Waals surface area contributed by atoms with Crippen molar-refractivity contribution in [2.75, 3.05) is 42.9 Å². The molecule has 148 valence electrons. The van der Waals surface area contributed by atoms with E-state index < -0.39 is 5.97 Å². The van der Waals surface area contributed by atoms with E-state index in [1.54, 1.807) is 36.4 Å².